The van der Waals surface area contributed by atoms with E-state index in [1.165, 1.54) is 12.8 Å². The lowest BCUT2D eigenvalue weighted by Crippen LogP contribution is -2.18. The Balaban J connectivity index is 2.34. The molecule has 1 aliphatic carbocycles. The second kappa shape index (κ2) is 3.83. The molecule has 56 valence electrons. The smallest absolute Gasteiger partial charge is 0.0625 e. The van der Waals surface area contributed by atoms with Crippen molar-refractivity contribution in [2.45, 2.75) is 37.5 Å². The van der Waals surface area contributed by atoms with Gasteiger partial charge in [-0.2, -0.15) is 5.26 Å². The van der Waals surface area contributed by atoms with Crippen molar-refractivity contribution < 1.29 is 0 Å². The van der Waals surface area contributed by atoms with Gasteiger partial charge >= 0.3 is 0 Å². The fourth-order valence-electron chi connectivity index (χ4n) is 1.51. The SMILES string of the molecule is N#CCC1CCCCC1Cl. The third-order valence-corrected chi connectivity index (χ3v) is 2.74. The third-order valence-electron chi connectivity index (χ3n) is 2.17. The highest BCUT2D eigenvalue weighted by atomic mass is 35.5. The summed E-state index contributed by atoms with van der Waals surface area (Å²) in [5, 5.41) is 8.70. The average Bonchev–Trinajstić information content (AvgIpc) is 1.94. The number of halogens is 1. The summed E-state index contributed by atoms with van der Waals surface area (Å²) in [5.41, 5.74) is 0. The molecule has 0 amide bonds. The van der Waals surface area contributed by atoms with E-state index in [0.29, 0.717) is 12.3 Å². The van der Waals surface area contributed by atoms with Crippen molar-refractivity contribution in [3.8, 4) is 6.07 Å². The van der Waals surface area contributed by atoms with Crippen LogP contribution in [0.3, 0.4) is 0 Å². The molecule has 1 fully saturated rings. The van der Waals surface area contributed by atoms with Crippen LogP contribution in [0.15, 0.2) is 0 Å². The first-order chi connectivity index (χ1) is 4.84. The predicted octanol–water partition coefficient (Wildman–Crippen LogP) is 2.70. The van der Waals surface area contributed by atoms with Crippen molar-refractivity contribution in [3.63, 3.8) is 0 Å². The summed E-state index contributed by atoms with van der Waals surface area (Å²) in [6.45, 7) is 0. The highest BCUT2D eigenvalue weighted by molar-refractivity contribution is 6.20. The molecule has 10 heavy (non-hydrogen) atoms. The third kappa shape index (κ3) is 1.88. The fourth-order valence-corrected chi connectivity index (χ4v) is 1.88. The highest BCUT2D eigenvalue weighted by Gasteiger charge is 2.22. The minimum absolute atomic E-state index is 0.272. The molecule has 2 heteroatoms. The van der Waals surface area contributed by atoms with Crippen molar-refractivity contribution in [2.75, 3.05) is 0 Å². The standard InChI is InChI=1S/C8H12ClN/c9-8-4-2-1-3-7(8)5-6-10/h7-8H,1-5H2. The lowest BCUT2D eigenvalue weighted by Gasteiger charge is -2.24. The van der Waals surface area contributed by atoms with Crippen LogP contribution in [0.4, 0.5) is 0 Å². The molecule has 1 aliphatic rings. The molecule has 0 aromatic heterocycles. The minimum Gasteiger partial charge on any atom is -0.198 e. The first-order valence-electron chi connectivity index (χ1n) is 3.85. The van der Waals surface area contributed by atoms with E-state index in [-0.39, 0.29) is 5.38 Å². The predicted molar refractivity (Wildman–Crippen MR) is 41.8 cm³/mol. The van der Waals surface area contributed by atoms with Gasteiger partial charge in [0.15, 0.2) is 0 Å². The van der Waals surface area contributed by atoms with Crippen LogP contribution >= 0.6 is 11.6 Å². The van der Waals surface area contributed by atoms with Gasteiger partial charge in [0.05, 0.1) is 6.07 Å². The largest absolute Gasteiger partial charge is 0.198 e. The maximum Gasteiger partial charge on any atom is 0.0625 e. The molecule has 0 aliphatic heterocycles. The van der Waals surface area contributed by atoms with Crippen molar-refractivity contribution in [3.05, 3.63) is 0 Å². The quantitative estimate of drug-likeness (QED) is 0.537. The van der Waals surface area contributed by atoms with Gasteiger partial charge in [-0.1, -0.05) is 12.8 Å². The number of nitriles is 1. The molecule has 1 rings (SSSR count). The summed E-state index contributed by atoms with van der Waals surface area (Å²) >= 11 is 6.01. The topological polar surface area (TPSA) is 23.8 Å². The van der Waals surface area contributed by atoms with Crippen LogP contribution in [0.1, 0.15) is 32.1 Å². The molecule has 0 N–H and O–H groups in total. The van der Waals surface area contributed by atoms with E-state index in [0.717, 1.165) is 12.8 Å². The van der Waals surface area contributed by atoms with Crippen LogP contribution in [0.2, 0.25) is 0 Å². The van der Waals surface area contributed by atoms with E-state index in [2.05, 4.69) is 6.07 Å². The van der Waals surface area contributed by atoms with Crippen molar-refractivity contribution >= 4 is 11.6 Å². The molecule has 0 bridgehead atoms. The van der Waals surface area contributed by atoms with Crippen molar-refractivity contribution in [2.24, 2.45) is 5.92 Å². The van der Waals surface area contributed by atoms with Gasteiger partial charge in [0, 0.05) is 11.8 Å². The van der Waals surface area contributed by atoms with Crippen LogP contribution in [-0.2, 0) is 0 Å². The second-order valence-electron chi connectivity index (χ2n) is 2.92. The monoisotopic (exact) mass is 157 g/mol. The van der Waals surface area contributed by atoms with Gasteiger partial charge in [-0.05, 0) is 18.8 Å². The first kappa shape index (κ1) is 7.88. The molecule has 0 heterocycles. The van der Waals surface area contributed by atoms with Crippen LogP contribution in [0, 0.1) is 17.2 Å². The molecule has 0 spiro atoms. The Hall–Kier alpha value is -0.220. The number of rotatable bonds is 1. The van der Waals surface area contributed by atoms with Gasteiger partial charge in [-0.15, -0.1) is 11.6 Å². The lowest BCUT2D eigenvalue weighted by atomic mass is 9.87. The summed E-state index contributed by atoms with van der Waals surface area (Å²) in [6.07, 6.45) is 5.41. The van der Waals surface area contributed by atoms with E-state index in [9.17, 15) is 0 Å². The number of hydrogen-bond donors (Lipinski definition) is 0. The Morgan fingerprint density at radius 2 is 2.10 bits per heavy atom. The molecule has 0 saturated heterocycles. The summed E-state index contributed by atoms with van der Waals surface area (Å²) in [6, 6.07) is 2.18. The molecule has 1 nitrogen and oxygen atoms in total. The molecular weight excluding hydrogens is 146 g/mol. The maximum atomic E-state index is 8.43. The maximum absolute atomic E-state index is 8.43. The van der Waals surface area contributed by atoms with E-state index in [1.54, 1.807) is 0 Å². The molecular formula is C8H12ClN. The first-order valence-corrected chi connectivity index (χ1v) is 4.29. The molecule has 0 radical (unpaired) electrons. The normalized spacial score (nSPS) is 33.2. The van der Waals surface area contributed by atoms with Crippen LogP contribution in [0.5, 0.6) is 0 Å². The number of nitrogens with zero attached hydrogens (tertiary/aromatic N) is 1. The minimum atomic E-state index is 0.272. The number of hydrogen-bond acceptors (Lipinski definition) is 1. The zero-order valence-electron chi connectivity index (χ0n) is 6.02. The molecule has 1 saturated carbocycles. The van der Waals surface area contributed by atoms with E-state index in [1.807, 2.05) is 0 Å². The van der Waals surface area contributed by atoms with Gasteiger partial charge < -0.3 is 0 Å². The van der Waals surface area contributed by atoms with E-state index in [4.69, 9.17) is 16.9 Å². The molecule has 0 aromatic carbocycles. The molecule has 2 atom stereocenters. The summed E-state index contributed by atoms with van der Waals surface area (Å²) in [7, 11) is 0. The lowest BCUT2D eigenvalue weighted by molar-refractivity contribution is 0.371. The molecule has 0 aromatic rings. The summed E-state index contributed by atoms with van der Waals surface area (Å²) < 4.78 is 0. The van der Waals surface area contributed by atoms with Crippen molar-refractivity contribution in [1.29, 1.82) is 5.26 Å². The van der Waals surface area contributed by atoms with Gasteiger partial charge in [0.1, 0.15) is 0 Å². The Labute approximate surface area is 67.0 Å². The average molecular weight is 158 g/mol. The van der Waals surface area contributed by atoms with E-state index < -0.39 is 0 Å². The second-order valence-corrected chi connectivity index (χ2v) is 3.48. The number of alkyl halides is 1. The van der Waals surface area contributed by atoms with Crippen LogP contribution in [-0.4, -0.2) is 5.38 Å². The van der Waals surface area contributed by atoms with Gasteiger partial charge in [-0.25, -0.2) is 0 Å². The Morgan fingerprint density at radius 1 is 1.40 bits per heavy atom. The van der Waals surface area contributed by atoms with Gasteiger partial charge in [0.2, 0.25) is 0 Å². The van der Waals surface area contributed by atoms with Crippen LogP contribution < -0.4 is 0 Å². The fraction of sp³-hybridized carbons (Fsp3) is 0.875. The zero-order valence-corrected chi connectivity index (χ0v) is 6.77. The van der Waals surface area contributed by atoms with Gasteiger partial charge in [0.25, 0.3) is 0 Å². The van der Waals surface area contributed by atoms with Crippen molar-refractivity contribution in [1.82, 2.24) is 0 Å². The summed E-state index contributed by atoms with van der Waals surface area (Å²) in [5.74, 6) is 0.473. The highest BCUT2D eigenvalue weighted by Crippen LogP contribution is 2.30. The Kier molecular flexibility index (Phi) is 3.02. The Bertz CT molecular complexity index is 139. The summed E-state index contributed by atoms with van der Waals surface area (Å²) in [4.78, 5) is 0. The zero-order chi connectivity index (χ0) is 7.40. The Morgan fingerprint density at radius 3 is 2.70 bits per heavy atom. The van der Waals surface area contributed by atoms with E-state index >= 15 is 0 Å². The van der Waals surface area contributed by atoms with Gasteiger partial charge in [-0.3, -0.25) is 0 Å². The van der Waals surface area contributed by atoms with Crippen LogP contribution in [0.25, 0.3) is 0 Å². The molecule has 2 unspecified atom stereocenters.